The predicted molar refractivity (Wildman–Crippen MR) is 106 cm³/mol. The van der Waals surface area contributed by atoms with Crippen molar-refractivity contribution in [2.24, 2.45) is 0 Å². The van der Waals surface area contributed by atoms with Gasteiger partial charge in [-0.15, -0.1) is 11.3 Å². The van der Waals surface area contributed by atoms with Gasteiger partial charge in [-0.05, 0) is 36.4 Å². The van der Waals surface area contributed by atoms with Crippen molar-refractivity contribution in [3.8, 4) is 0 Å². The van der Waals surface area contributed by atoms with Crippen LogP contribution in [-0.2, 0) is 26.2 Å². The molecule has 1 N–H and O–H groups in total. The van der Waals surface area contributed by atoms with Gasteiger partial charge in [0.05, 0.1) is 6.42 Å². The van der Waals surface area contributed by atoms with Gasteiger partial charge in [-0.1, -0.05) is 18.2 Å². The summed E-state index contributed by atoms with van der Waals surface area (Å²) in [5.41, 5.74) is 2.34. The van der Waals surface area contributed by atoms with Crippen molar-refractivity contribution in [2.45, 2.75) is 31.1 Å². The smallest absolute Gasteiger partial charge is 0.336 e. The molecule has 0 unspecified atom stereocenters. The number of hydrogen-bond donors (Lipinski definition) is 1. The molecule has 148 valence electrons. The van der Waals surface area contributed by atoms with Crippen molar-refractivity contribution in [1.29, 1.82) is 0 Å². The molecule has 3 aromatic rings. The molecule has 1 aromatic carbocycles. The number of ether oxygens (including phenoxy) is 1. The zero-order chi connectivity index (χ0) is 20.3. The average Bonchev–Trinajstić information content (AvgIpc) is 3.19. The summed E-state index contributed by atoms with van der Waals surface area (Å²) in [6.07, 6.45) is -0.123. The predicted octanol–water partition coefficient (Wildman–Crippen LogP) is 2.88. The first-order valence-electron chi connectivity index (χ1n) is 8.49. The number of esters is 1. The highest BCUT2D eigenvalue weighted by Crippen LogP contribution is 2.23. The van der Waals surface area contributed by atoms with E-state index in [1.165, 1.54) is 12.1 Å². The summed E-state index contributed by atoms with van der Waals surface area (Å²) < 4.78 is 37.0. The molecule has 7 nitrogen and oxygen atoms in total. The molecular formula is C19H19NO6S2. The fourth-order valence-corrected chi connectivity index (χ4v) is 4.72. The van der Waals surface area contributed by atoms with Gasteiger partial charge in [0.2, 0.25) is 10.0 Å². The zero-order valence-corrected chi connectivity index (χ0v) is 17.0. The van der Waals surface area contributed by atoms with E-state index in [9.17, 15) is 18.0 Å². The number of benzene rings is 1. The van der Waals surface area contributed by atoms with E-state index >= 15 is 0 Å². The van der Waals surface area contributed by atoms with E-state index in [4.69, 9.17) is 9.15 Å². The fraction of sp³-hybridized carbons (Fsp3) is 0.263. The van der Waals surface area contributed by atoms with Crippen molar-refractivity contribution >= 4 is 38.3 Å². The normalized spacial score (nSPS) is 11.6. The zero-order valence-electron chi connectivity index (χ0n) is 15.4. The third-order valence-corrected chi connectivity index (χ3v) is 7.15. The Morgan fingerprint density at radius 2 is 2.04 bits per heavy atom. The van der Waals surface area contributed by atoms with Gasteiger partial charge < -0.3 is 9.15 Å². The van der Waals surface area contributed by atoms with Gasteiger partial charge in [-0.25, -0.2) is 17.9 Å². The molecule has 0 spiro atoms. The number of carbonyl (C=O) groups is 1. The molecule has 0 saturated carbocycles. The number of rotatable bonds is 7. The van der Waals surface area contributed by atoms with E-state index in [-0.39, 0.29) is 23.8 Å². The molecule has 0 saturated heterocycles. The molecule has 0 radical (unpaired) electrons. The van der Waals surface area contributed by atoms with Crippen molar-refractivity contribution in [1.82, 2.24) is 4.72 Å². The van der Waals surface area contributed by atoms with Gasteiger partial charge in [-0.3, -0.25) is 4.79 Å². The minimum Gasteiger partial charge on any atom is -0.461 e. The average molecular weight is 421 g/mol. The van der Waals surface area contributed by atoms with E-state index in [2.05, 4.69) is 4.72 Å². The van der Waals surface area contributed by atoms with Crippen molar-refractivity contribution < 1.29 is 22.4 Å². The van der Waals surface area contributed by atoms with Crippen LogP contribution in [0.5, 0.6) is 0 Å². The van der Waals surface area contributed by atoms with E-state index < -0.39 is 21.6 Å². The van der Waals surface area contributed by atoms with Gasteiger partial charge in [-0.2, -0.15) is 0 Å². The van der Waals surface area contributed by atoms with Crippen LogP contribution < -0.4 is 10.3 Å². The number of hydrogen-bond acceptors (Lipinski definition) is 7. The number of thiophene rings is 1. The molecule has 2 aromatic heterocycles. The van der Waals surface area contributed by atoms with Crippen LogP contribution in [0.25, 0.3) is 11.0 Å². The maximum absolute atomic E-state index is 12.0. The summed E-state index contributed by atoms with van der Waals surface area (Å²) in [5, 5.41) is 2.36. The van der Waals surface area contributed by atoms with Crippen LogP contribution in [0.4, 0.5) is 0 Å². The van der Waals surface area contributed by atoms with Gasteiger partial charge in [0.25, 0.3) is 0 Å². The van der Waals surface area contributed by atoms with Crippen molar-refractivity contribution in [2.75, 3.05) is 6.54 Å². The number of fused-ring (bicyclic) bond motifs is 1. The van der Waals surface area contributed by atoms with Gasteiger partial charge >= 0.3 is 11.6 Å². The van der Waals surface area contributed by atoms with Crippen LogP contribution in [0.15, 0.2) is 49.1 Å². The second kappa shape index (κ2) is 8.26. The van der Waals surface area contributed by atoms with E-state index in [0.717, 1.165) is 22.5 Å². The molecule has 28 heavy (non-hydrogen) atoms. The second-order valence-electron chi connectivity index (χ2n) is 6.22. The summed E-state index contributed by atoms with van der Waals surface area (Å²) in [5.74, 6) is -0.570. The van der Waals surface area contributed by atoms with Crippen LogP contribution in [0.3, 0.4) is 0 Å². The molecule has 3 rings (SSSR count). The van der Waals surface area contributed by atoms with E-state index in [0.29, 0.717) is 16.5 Å². The van der Waals surface area contributed by atoms with Crippen LogP contribution in [-0.4, -0.2) is 20.9 Å². The topological polar surface area (TPSA) is 103 Å². The van der Waals surface area contributed by atoms with E-state index in [1.807, 2.05) is 26.0 Å². The monoisotopic (exact) mass is 421 g/mol. The lowest BCUT2D eigenvalue weighted by molar-refractivity contribution is -0.144. The SMILES string of the molecule is Cc1ccc2c(COC(=O)CCNS(=O)(=O)c3cccs3)cc(=O)oc2c1C. The highest BCUT2D eigenvalue weighted by molar-refractivity contribution is 7.91. The second-order valence-corrected chi connectivity index (χ2v) is 9.16. The first-order valence-corrected chi connectivity index (χ1v) is 10.9. The van der Waals surface area contributed by atoms with E-state index in [1.54, 1.807) is 11.4 Å². The lowest BCUT2D eigenvalue weighted by atomic mass is 10.0. The Balaban J connectivity index is 1.62. The third-order valence-electron chi connectivity index (χ3n) is 4.29. The number of aryl methyl sites for hydroxylation is 2. The van der Waals surface area contributed by atoms with Gasteiger partial charge in [0.15, 0.2) is 0 Å². The Morgan fingerprint density at radius 3 is 2.75 bits per heavy atom. The van der Waals surface area contributed by atoms with Crippen LogP contribution in [0.1, 0.15) is 23.1 Å². The maximum atomic E-state index is 12.0. The van der Waals surface area contributed by atoms with Crippen LogP contribution in [0, 0.1) is 13.8 Å². The lowest BCUT2D eigenvalue weighted by Crippen LogP contribution is -2.26. The molecule has 0 aliphatic heterocycles. The van der Waals surface area contributed by atoms with Crippen molar-refractivity contribution in [3.63, 3.8) is 0 Å². The molecule has 2 heterocycles. The molecular weight excluding hydrogens is 402 g/mol. The molecule has 9 heteroatoms. The Morgan fingerprint density at radius 1 is 1.25 bits per heavy atom. The third kappa shape index (κ3) is 4.49. The summed E-state index contributed by atoms with van der Waals surface area (Å²) >= 11 is 1.10. The highest BCUT2D eigenvalue weighted by atomic mass is 32.2. The quantitative estimate of drug-likeness (QED) is 0.465. The Kier molecular flexibility index (Phi) is 5.97. The standard InChI is InChI=1S/C19H19NO6S2/c1-12-5-6-15-14(10-17(22)26-19(15)13(12)2)11-25-16(21)7-8-20-28(23,24)18-4-3-9-27-18/h3-6,9-10,20H,7-8,11H2,1-2H3. The lowest BCUT2D eigenvalue weighted by Gasteiger charge is -2.10. The van der Waals surface area contributed by atoms with Crippen LogP contribution >= 0.6 is 11.3 Å². The minimum absolute atomic E-state index is 0.0744. The highest BCUT2D eigenvalue weighted by Gasteiger charge is 2.16. The molecule has 0 atom stereocenters. The summed E-state index contributed by atoms with van der Waals surface area (Å²) in [4.78, 5) is 23.8. The molecule has 0 aliphatic carbocycles. The Hall–Kier alpha value is -2.49. The summed E-state index contributed by atoms with van der Waals surface area (Å²) in [6, 6.07) is 8.14. The summed E-state index contributed by atoms with van der Waals surface area (Å²) in [6.45, 7) is 3.60. The van der Waals surface area contributed by atoms with Crippen LogP contribution in [0.2, 0.25) is 0 Å². The summed E-state index contributed by atoms with van der Waals surface area (Å²) in [7, 11) is -3.62. The first-order chi connectivity index (χ1) is 13.3. The number of sulfonamides is 1. The Bertz CT molecular complexity index is 1160. The molecule has 0 fully saturated rings. The number of carbonyl (C=O) groups excluding carboxylic acids is 1. The van der Waals surface area contributed by atoms with Crippen molar-refractivity contribution in [3.05, 3.63) is 62.8 Å². The molecule has 0 amide bonds. The van der Waals surface area contributed by atoms with Gasteiger partial charge in [0.1, 0.15) is 16.4 Å². The minimum atomic E-state index is -3.62. The molecule has 0 bridgehead atoms. The Labute approximate surface area is 166 Å². The molecule has 0 aliphatic rings. The number of nitrogens with one attached hydrogen (secondary N) is 1. The largest absolute Gasteiger partial charge is 0.461 e. The maximum Gasteiger partial charge on any atom is 0.336 e. The fourth-order valence-electron chi connectivity index (χ4n) is 2.65. The first kappa shape index (κ1) is 20.2. The van der Waals surface area contributed by atoms with Gasteiger partial charge in [0, 0.05) is 23.6 Å².